The Morgan fingerprint density at radius 2 is 2.00 bits per heavy atom. The van der Waals surface area contributed by atoms with Crippen LogP contribution in [-0.2, 0) is 4.79 Å². The molecule has 3 nitrogen and oxygen atoms in total. The van der Waals surface area contributed by atoms with Gasteiger partial charge in [-0.25, -0.2) is 0 Å². The first-order chi connectivity index (χ1) is 7.14. The Morgan fingerprint density at radius 3 is 2.60 bits per heavy atom. The molecule has 1 heterocycles. The van der Waals surface area contributed by atoms with Crippen molar-refractivity contribution in [1.82, 2.24) is 10.2 Å². The summed E-state index contributed by atoms with van der Waals surface area (Å²) in [5, 5.41) is 3.59. The van der Waals surface area contributed by atoms with Crippen molar-refractivity contribution in [3.05, 3.63) is 0 Å². The topological polar surface area (TPSA) is 32.3 Å². The van der Waals surface area contributed by atoms with Crippen molar-refractivity contribution >= 4 is 5.91 Å². The fraction of sp³-hybridized carbons (Fsp3) is 0.917. The van der Waals surface area contributed by atoms with E-state index in [0.29, 0.717) is 11.4 Å². The van der Waals surface area contributed by atoms with Crippen LogP contribution in [0, 0.1) is 5.41 Å². The zero-order chi connectivity index (χ0) is 10.5. The molecule has 0 atom stereocenters. The number of hydrogen-bond donors (Lipinski definition) is 1. The van der Waals surface area contributed by atoms with Gasteiger partial charge in [-0.15, -0.1) is 0 Å². The molecule has 3 heteroatoms. The first-order valence-electron chi connectivity index (χ1n) is 6.18. The smallest absolute Gasteiger partial charge is 0.228 e. The van der Waals surface area contributed by atoms with Crippen LogP contribution in [0.5, 0.6) is 0 Å². The molecule has 3 rings (SSSR count). The van der Waals surface area contributed by atoms with Crippen LogP contribution in [-0.4, -0.2) is 36.0 Å². The van der Waals surface area contributed by atoms with E-state index in [9.17, 15) is 4.79 Å². The monoisotopic (exact) mass is 208 g/mol. The van der Waals surface area contributed by atoms with Crippen LogP contribution < -0.4 is 5.32 Å². The third kappa shape index (κ3) is 1.67. The summed E-state index contributed by atoms with van der Waals surface area (Å²) in [4.78, 5) is 14.4. The van der Waals surface area contributed by atoms with Gasteiger partial charge in [0.25, 0.3) is 0 Å². The highest BCUT2D eigenvalue weighted by molar-refractivity contribution is 5.85. The number of amides is 1. The first-order valence-corrected chi connectivity index (χ1v) is 6.18. The quantitative estimate of drug-likeness (QED) is 0.701. The second kappa shape index (κ2) is 2.97. The molecule has 0 radical (unpaired) electrons. The van der Waals surface area contributed by atoms with E-state index >= 15 is 0 Å². The normalized spacial score (nSPS) is 31.1. The van der Waals surface area contributed by atoms with E-state index in [-0.39, 0.29) is 5.41 Å². The highest BCUT2D eigenvalue weighted by atomic mass is 16.2. The molecule has 0 aromatic heterocycles. The second-order valence-corrected chi connectivity index (χ2v) is 5.85. The summed E-state index contributed by atoms with van der Waals surface area (Å²) in [5.74, 6) is 0.414. The molecule has 1 saturated heterocycles. The van der Waals surface area contributed by atoms with Gasteiger partial charge in [0.2, 0.25) is 5.91 Å². The van der Waals surface area contributed by atoms with E-state index in [2.05, 4.69) is 17.1 Å². The molecule has 3 aliphatic rings. The molecule has 2 saturated carbocycles. The first kappa shape index (κ1) is 9.64. The van der Waals surface area contributed by atoms with E-state index in [1.54, 1.807) is 0 Å². The minimum Gasteiger partial charge on any atom is -0.340 e. The van der Waals surface area contributed by atoms with E-state index in [4.69, 9.17) is 0 Å². The Kier molecular flexibility index (Phi) is 1.91. The van der Waals surface area contributed by atoms with E-state index < -0.39 is 0 Å². The molecular weight excluding hydrogens is 188 g/mol. The molecule has 84 valence electrons. The number of hydrogen-bond acceptors (Lipinski definition) is 2. The Balaban J connectivity index is 1.71. The van der Waals surface area contributed by atoms with Crippen LogP contribution in [0.25, 0.3) is 0 Å². The van der Waals surface area contributed by atoms with Crippen molar-refractivity contribution in [2.75, 3.05) is 19.6 Å². The minimum atomic E-state index is 0.0143. The van der Waals surface area contributed by atoms with E-state index in [1.807, 2.05) is 0 Å². The van der Waals surface area contributed by atoms with Gasteiger partial charge in [0.1, 0.15) is 0 Å². The summed E-state index contributed by atoms with van der Waals surface area (Å²) in [6.07, 6.45) is 5.83. The molecule has 0 aromatic carbocycles. The van der Waals surface area contributed by atoms with Crippen molar-refractivity contribution in [2.24, 2.45) is 5.41 Å². The van der Waals surface area contributed by atoms with Crippen LogP contribution in [0.15, 0.2) is 0 Å². The van der Waals surface area contributed by atoms with Crippen molar-refractivity contribution in [3.63, 3.8) is 0 Å². The summed E-state index contributed by atoms with van der Waals surface area (Å²) < 4.78 is 0. The van der Waals surface area contributed by atoms with Gasteiger partial charge in [-0.2, -0.15) is 0 Å². The lowest BCUT2D eigenvalue weighted by molar-refractivity contribution is -0.136. The van der Waals surface area contributed by atoms with Gasteiger partial charge in [0.05, 0.1) is 0 Å². The van der Waals surface area contributed by atoms with Gasteiger partial charge in [0, 0.05) is 24.0 Å². The van der Waals surface area contributed by atoms with Crippen molar-refractivity contribution < 1.29 is 4.79 Å². The molecule has 1 amide bonds. The second-order valence-electron chi connectivity index (χ2n) is 5.85. The number of nitrogens with zero attached hydrogens (tertiary/aromatic N) is 1. The van der Waals surface area contributed by atoms with Crippen molar-refractivity contribution in [3.8, 4) is 0 Å². The van der Waals surface area contributed by atoms with Crippen LogP contribution in [0.4, 0.5) is 0 Å². The lowest BCUT2D eigenvalue weighted by atomic mass is 10.1. The molecule has 1 spiro atoms. The zero-order valence-electron chi connectivity index (χ0n) is 9.51. The molecule has 3 fully saturated rings. The predicted molar refractivity (Wildman–Crippen MR) is 58.5 cm³/mol. The largest absolute Gasteiger partial charge is 0.340 e. The van der Waals surface area contributed by atoms with Gasteiger partial charge >= 0.3 is 0 Å². The third-order valence-corrected chi connectivity index (χ3v) is 4.26. The highest BCUT2D eigenvalue weighted by Gasteiger charge is 2.51. The van der Waals surface area contributed by atoms with E-state index in [1.165, 1.54) is 12.8 Å². The summed E-state index contributed by atoms with van der Waals surface area (Å²) in [6, 6.07) is 0. The summed E-state index contributed by atoms with van der Waals surface area (Å²) in [5.41, 5.74) is 0.331. The fourth-order valence-electron chi connectivity index (χ4n) is 2.57. The Hall–Kier alpha value is -0.570. The predicted octanol–water partition coefficient (Wildman–Crippen LogP) is 1.14. The standard InChI is InChI=1S/C12H20N2O/c1-11(3-4-11)10(15)14-8-2-7-13-12(9-14)5-6-12/h13H,2-9H2,1H3. The molecule has 0 unspecified atom stereocenters. The van der Waals surface area contributed by atoms with Gasteiger partial charge < -0.3 is 10.2 Å². The Morgan fingerprint density at radius 1 is 1.27 bits per heavy atom. The third-order valence-electron chi connectivity index (χ3n) is 4.26. The van der Waals surface area contributed by atoms with Gasteiger partial charge in [0.15, 0.2) is 0 Å². The molecular formula is C12H20N2O. The van der Waals surface area contributed by atoms with Gasteiger partial charge in [-0.1, -0.05) is 6.92 Å². The summed E-state index contributed by atoms with van der Waals surface area (Å²) in [6.45, 7) is 5.12. The average Bonchev–Trinajstić information content (AvgIpc) is 3.10. The number of carbonyl (C=O) groups excluding carboxylic acids is 1. The SMILES string of the molecule is CC1(C(=O)N2CCCNC3(CC3)C2)CC1. The van der Waals surface area contributed by atoms with Gasteiger partial charge in [-0.05, 0) is 38.6 Å². The average molecular weight is 208 g/mol. The van der Waals surface area contributed by atoms with Crippen molar-refractivity contribution in [1.29, 1.82) is 0 Å². The Labute approximate surface area is 91.2 Å². The lowest BCUT2D eigenvalue weighted by Gasteiger charge is -2.27. The molecule has 0 bridgehead atoms. The van der Waals surface area contributed by atoms with Crippen LogP contribution in [0.3, 0.4) is 0 Å². The molecule has 2 aliphatic carbocycles. The van der Waals surface area contributed by atoms with Crippen LogP contribution in [0.1, 0.15) is 39.0 Å². The molecule has 1 N–H and O–H groups in total. The number of rotatable bonds is 1. The molecule has 15 heavy (non-hydrogen) atoms. The summed E-state index contributed by atoms with van der Waals surface area (Å²) >= 11 is 0. The fourth-order valence-corrected chi connectivity index (χ4v) is 2.57. The van der Waals surface area contributed by atoms with Crippen molar-refractivity contribution in [2.45, 2.75) is 44.6 Å². The zero-order valence-corrected chi connectivity index (χ0v) is 9.51. The lowest BCUT2D eigenvalue weighted by Crippen LogP contribution is -2.44. The maximum atomic E-state index is 12.2. The van der Waals surface area contributed by atoms with Crippen LogP contribution in [0.2, 0.25) is 0 Å². The number of carbonyl (C=O) groups is 1. The maximum absolute atomic E-state index is 12.2. The minimum absolute atomic E-state index is 0.0143. The Bertz CT molecular complexity index is 292. The molecule has 0 aromatic rings. The number of nitrogens with one attached hydrogen (secondary N) is 1. The van der Waals surface area contributed by atoms with Gasteiger partial charge in [-0.3, -0.25) is 4.79 Å². The van der Waals surface area contributed by atoms with E-state index in [0.717, 1.165) is 38.9 Å². The highest BCUT2D eigenvalue weighted by Crippen LogP contribution is 2.47. The molecule has 1 aliphatic heterocycles. The summed E-state index contributed by atoms with van der Waals surface area (Å²) in [7, 11) is 0. The van der Waals surface area contributed by atoms with Crippen LogP contribution >= 0.6 is 0 Å². The maximum Gasteiger partial charge on any atom is 0.228 e.